The number of anilines is 2. The summed E-state index contributed by atoms with van der Waals surface area (Å²) in [5.41, 5.74) is 0.138. The molecule has 0 unspecified atom stereocenters. The first-order valence-corrected chi connectivity index (χ1v) is 7.56. The van der Waals surface area contributed by atoms with Gasteiger partial charge in [0.2, 0.25) is 5.91 Å². The fourth-order valence-electron chi connectivity index (χ4n) is 2.03. The van der Waals surface area contributed by atoms with E-state index < -0.39 is 22.7 Å². The molecule has 0 radical (unpaired) electrons. The number of nitrogens with one attached hydrogen (secondary N) is 2. The number of hydrogen-bond acceptors (Lipinski definition) is 3. The number of benzene rings is 2. The van der Waals surface area contributed by atoms with Crippen LogP contribution in [0.5, 0.6) is 0 Å². The first-order valence-electron chi connectivity index (χ1n) is 7.18. The third-order valence-electron chi connectivity index (χ3n) is 3.30. The zero-order chi connectivity index (χ0) is 18.6. The van der Waals surface area contributed by atoms with Crippen LogP contribution in [-0.4, -0.2) is 18.2 Å². The van der Waals surface area contributed by atoms with Gasteiger partial charge < -0.3 is 10.6 Å². The average Bonchev–Trinajstić information content (AvgIpc) is 2.53. The number of amides is 1. The van der Waals surface area contributed by atoms with Crippen LogP contribution in [0.4, 0.5) is 24.5 Å². The zero-order valence-corrected chi connectivity index (χ0v) is 13.8. The summed E-state index contributed by atoms with van der Waals surface area (Å²) in [5, 5.41) is 4.77. The predicted octanol–water partition coefficient (Wildman–Crippen LogP) is 4.61. The lowest BCUT2D eigenvalue weighted by atomic mass is 10.1. The van der Waals surface area contributed by atoms with Crippen molar-refractivity contribution in [2.75, 3.05) is 17.2 Å². The molecule has 2 aromatic carbocycles. The molecule has 0 saturated heterocycles. The first kappa shape index (κ1) is 18.8. The Hall–Kier alpha value is -2.54. The molecule has 132 valence electrons. The van der Waals surface area contributed by atoms with E-state index in [-0.39, 0.29) is 18.0 Å². The summed E-state index contributed by atoms with van der Waals surface area (Å²) in [5.74, 6) is -0.540. The lowest BCUT2D eigenvalue weighted by Gasteiger charge is -2.12. The average molecular weight is 371 g/mol. The van der Waals surface area contributed by atoms with Gasteiger partial charge in [-0.05, 0) is 49.4 Å². The molecule has 0 aliphatic rings. The molecule has 0 atom stereocenters. The van der Waals surface area contributed by atoms with Crippen LogP contribution in [0.1, 0.15) is 22.8 Å². The van der Waals surface area contributed by atoms with Crippen LogP contribution in [0, 0.1) is 0 Å². The van der Waals surface area contributed by atoms with Crippen molar-refractivity contribution in [3.8, 4) is 0 Å². The van der Waals surface area contributed by atoms with E-state index in [0.29, 0.717) is 11.3 Å². The Morgan fingerprint density at radius 2 is 1.64 bits per heavy atom. The quantitative estimate of drug-likeness (QED) is 0.755. The Bertz CT molecular complexity index is 789. The summed E-state index contributed by atoms with van der Waals surface area (Å²) in [6, 6.07) is 9.59. The highest BCUT2D eigenvalue weighted by Gasteiger charge is 2.33. The summed E-state index contributed by atoms with van der Waals surface area (Å²) in [6.07, 6.45) is -4.57. The second kappa shape index (κ2) is 7.57. The van der Waals surface area contributed by atoms with Gasteiger partial charge in [-0.2, -0.15) is 13.2 Å². The molecule has 1 amide bonds. The molecule has 0 fully saturated rings. The molecular formula is C17H14ClF3N2O2. The van der Waals surface area contributed by atoms with Crippen LogP contribution < -0.4 is 10.6 Å². The van der Waals surface area contributed by atoms with E-state index in [0.717, 1.165) is 12.1 Å². The number of carbonyl (C=O) groups excluding carboxylic acids is 2. The van der Waals surface area contributed by atoms with E-state index in [1.54, 1.807) is 24.3 Å². The van der Waals surface area contributed by atoms with Gasteiger partial charge in [-0.3, -0.25) is 9.59 Å². The van der Waals surface area contributed by atoms with Crippen LogP contribution in [-0.2, 0) is 11.0 Å². The predicted molar refractivity (Wildman–Crippen MR) is 90.0 cm³/mol. The van der Waals surface area contributed by atoms with Crippen molar-refractivity contribution >= 4 is 34.7 Å². The number of halogens is 4. The van der Waals surface area contributed by atoms with Crippen LogP contribution in [0.3, 0.4) is 0 Å². The van der Waals surface area contributed by atoms with Crippen molar-refractivity contribution in [3.63, 3.8) is 0 Å². The van der Waals surface area contributed by atoms with Gasteiger partial charge in [0.25, 0.3) is 0 Å². The van der Waals surface area contributed by atoms with E-state index in [2.05, 4.69) is 10.6 Å². The Morgan fingerprint density at radius 3 is 2.20 bits per heavy atom. The van der Waals surface area contributed by atoms with Gasteiger partial charge in [-0.15, -0.1) is 0 Å². The number of Topliss-reactive ketones (excluding diaryl/α,β-unsaturated/α-hetero) is 1. The number of hydrogen-bond donors (Lipinski definition) is 2. The molecule has 8 heteroatoms. The normalized spacial score (nSPS) is 11.1. The molecule has 0 bridgehead atoms. The molecule has 25 heavy (non-hydrogen) atoms. The molecule has 4 nitrogen and oxygen atoms in total. The first-order chi connectivity index (χ1) is 11.7. The smallest absolute Gasteiger partial charge is 0.376 e. The molecule has 2 rings (SSSR count). The Morgan fingerprint density at radius 1 is 1.04 bits per heavy atom. The van der Waals surface area contributed by atoms with Gasteiger partial charge in [0.1, 0.15) is 0 Å². The maximum atomic E-state index is 12.8. The van der Waals surface area contributed by atoms with Crippen molar-refractivity contribution in [3.05, 3.63) is 58.6 Å². The third kappa shape index (κ3) is 5.22. The molecule has 0 aliphatic heterocycles. The number of ketones is 1. The Balaban J connectivity index is 1.97. The zero-order valence-electron chi connectivity index (χ0n) is 13.1. The van der Waals surface area contributed by atoms with Crippen LogP contribution in [0.15, 0.2) is 42.5 Å². The summed E-state index contributed by atoms with van der Waals surface area (Å²) in [4.78, 5) is 23.0. The molecule has 0 spiro atoms. The fourth-order valence-corrected chi connectivity index (χ4v) is 2.25. The van der Waals surface area contributed by atoms with Crippen molar-refractivity contribution in [2.45, 2.75) is 13.1 Å². The molecule has 0 aromatic heterocycles. The monoisotopic (exact) mass is 370 g/mol. The maximum Gasteiger partial charge on any atom is 0.417 e. The van der Waals surface area contributed by atoms with E-state index in [9.17, 15) is 22.8 Å². The van der Waals surface area contributed by atoms with E-state index in [1.165, 1.54) is 13.0 Å². The number of carbonyl (C=O) groups is 2. The van der Waals surface area contributed by atoms with Gasteiger partial charge in [-0.25, -0.2) is 0 Å². The second-order valence-electron chi connectivity index (χ2n) is 5.23. The topological polar surface area (TPSA) is 58.2 Å². The highest BCUT2D eigenvalue weighted by Crippen LogP contribution is 2.36. The van der Waals surface area contributed by atoms with Crippen LogP contribution in [0.25, 0.3) is 0 Å². The molecule has 2 aromatic rings. The molecular weight excluding hydrogens is 357 g/mol. The van der Waals surface area contributed by atoms with Crippen LogP contribution in [0.2, 0.25) is 5.02 Å². The van der Waals surface area contributed by atoms with E-state index in [1.807, 2.05) is 0 Å². The second-order valence-corrected chi connectivity index (χ2v) is 5.63. The fraction of sp³-hybridized carbons (Fsp3) is 0.176. The number of rotatable bonds is 5. The van der Waals surface area contributed by atoms with Gasteiger partial charge >= 0.3 is 6.18 Å². The number of alkyl halides is 3. The van der Waals surface area contributed by atoms with Crippen molar-refractivity contribution < 1.29 is 22.8 Å². The van der Waals surface area contributed by atoms with Crippen molar-refractivity contribution in [1.82, 2.24) is 0 Å². The van der Waals surface area contributed by atoms with Gasteiger partial charge in [-0.1, -0.05) is 11.6 Å². The Kier molecular flexibility index (Phi) is 5.69. The summed E-state index contributed by atoms with van der Waals surface area (Å²) in [7, 11) is 0. The molecule has 2 N–H and O–H groups in total. The van der Waals surface area contributed by atoms with Gasteiger partial charge in [0, 0.05) is 16.9 Å². The lowest BCUT2D eigenvalue weighted by molar-refractivity contribution is -0.137. The van der Waals surface area contributed by atoms with E-state index >= 15 is 0 Å². The highest BCUT2D eigenvalue weighted by molar-refractivity contribution is 6.31. The van der Waals surface area contributed by atoms with Gasteiger partial charge in [0.15, 0.2) is 5.78 Å². The molecule has 0 saturated carbocycles. The SMILES string of the molecule is CC(=O)c1ccc(NC(=O)CNc2ccc(Cl)c(C(F)(F)F)c2)cc1. The highest BCUT2D eigenvalue weighted by atomic mass is 35.5. The standard InChI is InChI=1S/C17H14ClF3N2O2/c1-10(24)11-2-4-12(5-3-11)23-16(25)9-22-13-6-7-15(18)14(8-13)17(19,20)21/h2-8,22H,9H2,1H3,(H,23,25). The minimum absolute atomic E-state index is 0.0947. The minimum atomic E-state index is -4.57. The van der Waals surface area contributed by atoms with Crippen LogP contribution >= 0.6 is 11.6 Å². The largest absolute Gasteiger partial charge is 0.417 e. The summed E-state index contributed by atoms with van der Waals surface area (Å²) >= 11 is 5.53. The third-order valence-corrected chi connectivity index (χ3v) is 3.63. The summed E-state index contributed by atoms with van der Waals surface area (Å²) < 4.78 is 38.4. The van der Waals surface area contributed by atoms with Crippen molar-refractivity contribution in [1.29, 1.82) is 0 Å². The van der Waals surface area contributed by atoms with E-state index in [4.69, 9.17) is 11.6 Å². The maximum absolute atomic E-state index is 12.8. The van der Waals surface area contributed by atoms with Crippen molar-refractivity contribution in [2.24, 2.45) is 0 Å². The molecule has 0 aliphatic carbocycles. The minimum Gasteiger partial charge on any atom is -0.376 e. The lowest BCUT2D eigenvalue weighted by Crippen LogP contribution is -2.22. The summed E-state index contributed by atoms with van der Waals surface area (Å²) in [6.45, 7) is 1.20. The van der Waals surface area contributed by atoms with Gasteiger partial charge in [0.05, 0.1) is 17.1 Å². The molecule has 0 heterocycles. The Labute approximate surface area is 147 Å².